The fourth-order valence-electron chi connectivity index (χ4n) is 4.42. The van der Waals surface area contributed by atoms with Gasteiger partial charge in [0.15, 0.2) is 5.78 Å². The summed E-state index contributed by atoms with van der Waals surface area (Å²) in [5, 5.41) is 1.45. The third-order valence-corrected chi connectivity index (χ3v) is 7.76. The molecule has 1 aliphatic heterocycles. The summed E-state index contributed by atoms with van der Waals surface area (Å²) in [5.41, 5.74) is 5.56. The molecule has 2 heterocycles. The maximum Gasteiger partial charge on any atom is 0.249 e. The zero-order chi connectivity index (χ0) is 22.2. The lowest BCUT2D eigenvalue weighted by Gasteiger charge is -2.20. The van der Waals surface area contributed by atoms with Crippen LogP contribution in [0.5, 0.6) is 0 Å². The van der Waals surface area contributed by atoms with E-state index < -0.39 is 0 Å². The molecule has 0 N–H and O–H groups in total. The number of carbonyl (C=O) groups excluding carboxylic acids is 2. The first-order chi connectivity index (χ1) is 15.5. The van der Waals surface area contributed by atoms with E-state index in [1.165, 1.54) is 10.4 Å². The Morgan fingerprint density at radius 3 is 2.62 bits per heavy atom. The van der Waals surface area contributed by atoms with E-state index in [2.05, 4.69) is 0 Å². The van der Waals surface area contributed by atoms with Crippen molar-refractivity contribution in [1.29, 1.82) is 0 Å². The zero-order valence-electron chi connectivity index (χ0n) is 17.9. The molecule has 2 aliphatic rings. The Hall–Kier alpha value is -2.76. The number of thiophene rings is 1. The molecule has 162 valence electrons. The first-order valence-electron chi connectivity index (χ1n) is 10.9. The summed E-state index contributed by atoms with van der Waals surface area (Å²) in [4.78, 5) is 34.0. The van der Waals surface area contributed by atoms with Gasteiger partial charge in [0.1, 0.15) is 11.5 Å². The molecule has 0 radical (unpaired) electrons. The van der Waals surface area contributed by atoms with Gasteiger partial charge in [-0.2, -0.15) is 0 Å². The highest BCUT2D eigenvalue weighted by atomic mass is 35.5. The molecule has 1 aliphatic carbocycles. The van der Waals surface area contributed by atoms with E-state index in [1.54, 1.807) is 16.2 Å². The van der Waals surface area contributed by atoms with Crippen LogP contribution < -0.4 is 4.90 Å². The molecule has 5 rings (SSSR count). The predicted molar refractivity (Wildman–Crippen MR) is 131 cm³/mol. The SMILES string of the molecule is Cc1ccc(C(=O)CN2C(=O)CN=C(c3ccccc3Cl)c3c2sc2c3CCCC2)cc1. The standard InChI is InChI=1S/C26H23ClN2O2S/c1-16-10-12-17(13-11-16)21(30)15-29-23(31)14-28-25(18-6-2-4-8-20(18)27)24-19-7-3-5-9-22(19)32-26(24)29/h2,4,6,8,10-13H,3,5,7,9,14-15H2,1H3. The van der Waals surface area contributed by atoms with Crippen molar-refractivity contribution in [2.45, 2.75) is 32.6 Å². The number of anilines is 1. The average molecular weight is 463 g/mol. The van der Waals surface area contributed by atoms with Crippen LogP contribution in [0.2, 0.25) is 5.02 Å². The molecule has 32 heavy (non-hydrogen) atoms. The molecule has 6 heteroatoms. The Balaban J connectivity index is 1.61. The topological polar surface area (TPSA) is 49.7 Å². The maximum absolute atomic E-state index is 13.2. The van der Waals surface area contributed by atoms with E-state index in [1.807, 2.05) is 55.5 Å². The molecule has 0 bridgehead atoms. The van der Waals surface area contributed by atoms with Gasteiger partial charge in [0.05, 0.1) is 12.3 Å². The summed E-state index contributed by atoms with van der Waals surface area (Å²) in [6, 6.07) is 15.1. The quantitative estimate of drug-likeness (QED) is 0.470. The number of aliphatic imine (C=N–C) groups is 1. The summed E-state index contributed by atoms with van der Waals surface area (Å²) < 4.78 is 0. The van der Waals surface area contributed by atoms with Crippen molar-refractivity contribution >= 4 is 45.3 Å². The Bertz CT molecular complexity index is 1240. The molecular weight excluding hydrogens is 440 g/mol. The normalized spacial score (nSPS) is 15.6. The molecular formula is C26H23ClN2O2S. The number of carbonyl (C=O) groups is 2. The summed E-state index contributed by atoms with van der Waals surface area (Å²) in [5.74, 6) is -0.232. The number of ketones is 1. The number of fused-ring (bicyclic) bond motifs is 3. The van der Waals surface area contributed by atoms with Gasteiger partial charge in [-0.3, -0.25) is 19.5 Å². The van der Waals surface area contributed by atoms with Gasteiger partial charge < -0.3 is 0 Å². The minimum Gasteiger partial charge on any atom is -0.294 e. The molecule has 4 nitrogen and oxygen atoms in total. The number of hydrogen-bond donors (Lipinski definition) is 0. The second-order valence-corrected chi connectivity index (χ2v) is 9.80. The van der Waals surface area contributed by atoms with Crippen molar-refractivity contribution in [3.8, 4) is 0 Å². The Labute approximate surface area is 196 Å². The Morgan fingerprint density at radius 1 is 1.09 bits per heavy atom. The van der Waals surface area contributed by atoms with Crippen LogP contribution in [0.4, 0.5) is 5.00 Å². The fourth-order valence-corrected chi connectivity index (χ4v) is 6.05. The predicted octanol–water partition coefficient (Wildman–Crippen LogP) is 5.66. The van der Waals surface area contributed by atoms with Crippen molar-refractivity contribution in [2.75, 3.05) is 18.0 Å². The van der Waals surface area contributed by atoms with Crippen molar-refractivity contribution in [3.63, 3.8) is 0 Å². The number of aryl methyl sites for hydroxylation is 2. The summed E-state index contributed by atoms with van der Waals surface area (Å²) >= 11 is 8.18. The monoisotopic (exact) mass is 462 g/mol. The lowest BCUT2D eigenvalue weighted by atomic mass is 9.91. The minimum atomic E-state index is -0.160. The molecule has 0 atom stereocenters. The first kappa shape index (κ1) is 21.1. The van der Waals surface area contributed by atoms with Crippen LogP contribution in [0, 0.1) is 6.92 Å². The second-order valence-electron chi connectivity index (χ2n) is 8.30. The van der Waals surface area contributed by atoms with Crippen LogP contribution in [0.1, 0.15) is 50.3 Å². The van der Waals surface area contributed by atoms with Crippen LogP contribution in [0.3, 0.4) is 0 Å². The Kier molecular flexibility index (Phi) is 5.70. The number of benzene rings is 2. The van der Waals surface area contributed by atoms with Gasteiger partial charge in [-0.05, 0) is 44.2 Å². The number of nitrogens with zero attached hydrogens (tertiary/aromatic N) is 2. The highest BCUT2D eigenvalue weighted by Crippen LogP contribution is 2.43. The third-order valence-electron chi connectivity index (χ3n) is 6.11. The summed E-state index contributed by atoms with van der Waals surface area (Å²) in [7, 11) is 0. The largest absolute Gasteiger partial charge is 0.294 e. The lowest BCUT2D eigenvalue weighted by Crippen LogP contribution is -2.36. The van der Waals surface area contributed by atoms with Crippen LogP contribution >= 0.6 is 22.9 Å². The van der Waals surface area contributed by atoms with Gasteiger partial charge in [0.2, 0.25) is 5.91 Å². The van der Waals surface area contributed by atoms with E-state index in [0.29, 0.717) is 10.6 Å². The van der Waals surface area contributed by atoms with E-state index in [-0.39, 0.29) is 24.8 Å². The molecule has 1 aromatic heterocycles. The molecule has 3 aromatic rings. The molecule has 0 fully saturated rings. The molecule has 0 saturated heterocycles. The number of rotatable bonds is 4. The van der Waals surface area contributed by atoms with Gasteiger partial charge in [-0.25, -0.2) is 0 Å². The summed E-state index contributed by atoms with van der Waals surface area (Å²) in [6.07, 6.45) is 4.21. The van der Waals surface area contributed by atoms with Gasteiger partial charge in [-0.1, -0.05) is 59.6 Å². The van der Waals surface area contributed by atoms with Crippen molar-refractivity contribution < 1.29 is 9.59 Å². The van der Waals surface area contributed by atoms with Crippen LogP contribution in [-0.4, -0.2) is 30.5 Å². The van der Waals surface area contributed by atoms with Gasteiger partial charge in [-0.15, -0.1) is 11.3 Å². The third kappa shape index (κ3) is 3.80. The Morgan fingerprint density at radius 2 is 1.84 bits per heavy atom. The lowest BCUT2D eigenvalue weighted by molar-refractivity contribution is -0.117. The molecule has 2 aromatic carbocycles. The highest BCUT2D eigenvalue weighted by molar-refractivity contribution is 7.17. The van der Waals surface area contributed by atoms with Crippen LogP contribution in [-0.2, 0) is 17.6 Å². The second kappa shape index (κ2) is 8.64. The van der Waals surface area contributed by atoms with Crippen molar-refractivity contribution in [3.05, 3.63) is 86.2 Å². The maximum atomic E-state index is 13.2. The van der Waals surface area contributed by atoms with E-state index in [4.69, 9.17) is 16.6 Å². The number of amides is 1. The summed E-state index contributed by atoms with van der Waals surface area (Å²) in [6.45, 7) is 2.00. The van der Waals surface area contributed by atoms with Gasteiger partial charge >= 0.3 is 0 Å². The van der Waals surface area contributed by atoms with E-state index >= 15 is 0 Å². The van der Waals surface area contributed by atoms with Gasteiger partial charge in [0, 0.05) is 26.6 Å². The molecule has 0 spiro atoms. The molecule has 1 amide bonds. The smallest absolute Gasteiger partial charge is 0.249 e. The van der Waals surface area contributed by atoms with Crippen LogP contribution in [0.25, 0.3) is 0 Å². The minimum absolute atomic E-state index is 0.00208. The van der Waals surface area contributed by atoms with E-state index in [0.717, 1.165) is 53.1 Å². The number of Topliss-reactive ketones (excluding diaryl/α,β-unsaturated/α-hetero) is 1. The zero-order valence-corrected chi connectivity index (χ0v) is 19.4. The first-order valence-corrected chi connectivity index (χ1v) is 12.1. The van der Waals surface area contributed by atoms with Crippen LogP contribution in [0.15, 0.2) is 53.5 Å². The molecule has 0 unspecified atom stereocenters. The highest BCUT2D eigenvalue weighted by Gasteiger charge is 2.33. The van der Waals surface area contributed by atoms with Crippen molar-refractivity contribution in [1.82, 2.24) is 0 Å². The average Bonchev–Trinajstić information content (AvgIpc) is 3.12. The number of hydrogen-bond acceptors (Lipinski definition) is 4. The fraction of sp³-hybridized carbons (Fsp3) is 0.269. The number of halogens is 1. The molecule has 0 saturated carbocycles. The van der Waals surface area contributed by atoms with Gasteiger partial charge in [0.25, 0.3) is 0 Å². The van der Waals surface area contributed by atoms with Crippen molar-refractivity contribution in [2.24, 2.45) is 4.99 Å². The van der Waals surface area contributed by atoms with E-state index in [9.17, 15) is 9.59 Å².